The Labute approximate surface area is 189 Å². The lowest BCUT2D eigenvalue weighted by Gasteiger charge is -2.21. The molecule has 0 saturated heterocycles. The maximum absolute atomic E-state index is 12.4. The lowest BCUT2D eigenvalue weighted by molar-refractivity contribution is -0.140. The van der Waals surface area contributed by atoms with Gasteiger partial charge in [-0.05, 0) is 47.4 Å². The smallest absolute Gasteiger partial charge is 0.305 e. The van der Waals surface area contributed by atoms with Crippen molar-refractivity contribution in [1.82, 2.24) is 4.31 Å². The molecule has 0 unspecified atom stereocenters. The van der Waals surface area contributed by atoms with Crippen LogP contribution in [0.3, 0.4) is 0 Å². The normalized spacial score (nSPS) is 11.3. The highest BCUT2D eigenvalue weighted by Crippen LogP contribution is 2.22. The first-order chi connectivity index (χ1) is 15.3. The van der Waals surface area contributed by atoms with Gasteiger partial charge in [0.25, 0.3) is 0 Å². The zero-order valence-corrected chi connectivity index (χ0v) is 19.0. The molecule has 0 aliphatic rings. The number of esters is 1. The van der Waals surface area contributed by atoms with Gasteiger partial charge in [-0.15, -0.1) is 0 Å². The van der Waals surface area contributed by atoms with Crippen LogP contribution in [-0.4, -0.2) is 32.1 Å². The average molecular weight is 454 g/mol. The monoisotopic (exact) mass is 453 g/mol. The van der Waals surface area contributed by atoms with E-state index in [1.165, 1.54) is 17.7 Å². The van der Waals surface area contributed by atoms with Crippen molar-refractivity contribution >= 4 is 16.0 Å². The van der Waals surface area contributed by atoms with Gasteiger partial charge >= 0.3 is 5.97 Å². The number of carbonyl (C=O) groups excluding carboxylic acids is 1. The molecule has 3 aromatic rings. The molecular formula is C25H27NO5S. The van der Waals surface area contributed by atoms with E-state index in [-0.39, 0.29) is 25.5 Å². The zero-order valence-electron chi connectivity index (χ0n) is 18.2. The van der Waals surface area contributed by atoms with Crippen molar-refractivity contribution in [3.8, 4) is 11.5 Å². The van der Waals surface area contributed by atoms with E-state index >= 15 is 0 Å². The number of para-hydroxylation sites is 1. The summed E-state index contributed by atoms with van der Waals surface area (Å²) in [4.78, 5) is 11.4. The Morgan fingerprint density at radius 2 is 1.44 bits per heavy atom. The van der Waals surface area contributed by atoms with Gasteiger partial charge in [-0.2, -0.15) is 4.31 Å². The summed E-state index contributed by atoms with van der Waals surface area (Å²) in [6.07, 6.45) is 2.04. The number of rotatable bonds is 10. The molecule has 6 nitrogen and oxygen atoms in total. The second kappa shape index (κ2) is 10.9. The van der Waals surface area contributed by atoms with Crippen molar-refractivity contribution in [1.29, 1.82) is 0 Å². The minimum absolute atomic E-state index is 0.243. The maximum Gasteiger partial charge on any atom is 0.305 e. The van der Waals surface area contributed by atoms with E-state index in [1.54, 1.807) is 0 Å². The molecule has 0 aliphatic carbocycles. The number of carbonyl (C=O) groups is 1. The maximum atomic E-state index is 12.4. The Balaban J connectivity index is 1.68. The van der Waals surface area contributed by atoms with Crippen molar-refractivity contribution in [2.24, 2.45) is 0 Å². The van der Waals surface area contributed by atoms with E-state index in [1.807, 2.05) is 78.9 Å². The van der Waals surface area contributed by atoms with E-state index in [4.69, 9.17) is 4.74 Å². The summed E-state index contributed by atoms with van der Waals surface area (Å²) in [6.45, 7) is 0.490. The van der Waals surface area contributed by atoms with Crippen LogP contribution in [0.1, 0.15) is 23.1 Å². The number of hydrogen-bond acceptors (Lipinski definition) is 5. The van der Waals surface area contributed by atoms with Gasteiger partial charge in [0.2, 0.25) is 10.0 Å². The fourth-order valence-corrected chi connectivity index (χ4v) is 3.98. The number of ether oxygens (including phenoxy) is 2. The van der Waals surface area contributed by atoms with Crippen molar-refractivity contribution < 1.29 is 22.7 Å². The van der Waals surface area contributed by atoms with Gasteiger partial charge in [0.1, 0.15) is 11.5 Å². The summed E-state index contributed by atoms with van der Waals surface area (Å²) in [5.74, 6) is 1.15. The minimum Gasteiger partial charge on any atom is -0.469 e. The van der Waals surface area contributed by atoms with Crippen LogP contribution in [0.5, 0.6) is 11.5 Å². The molecule has 7 heteroatoms. The van der Waals surface area contributed by atoms with Gasteiger partial charge in [0, 0.05) is 19.5 Å². The van der Waals surface area contributed by atoms with E-state index in [9.17, 15) is 13.2 Å². The van der Waals surface area contributed by atoms with Crippen LogP contribution in [0.25, 0.3) is 0 Å². The SMILES string of the molecule is COC(=O)CCc1cccc(CN(Cc2ccc(Oc3ccccc3)cc2)S(C)(=O)=O)c1. The number of hydrogen-bond donors (Lipinski definition) is 0. The number of nitrogens with zero attached hydrogens (tertiary/aromatic N) is 1. The summed E-state index contributed by atoms with van der Waals surface area (Å²) < 4.78 is 36.8. The molecule has 168 valence electrons. The van der Waals surface area contributed by atoms with Gasteiger partial charge in [0.05, 0.1) is 13.4 Å². The number of sulfonamides is 1. The summed E-state index contributed by atoms with van der Waals surface area (Å²) in [6, 6.07) is 24.5. The van der Waals surface area contributed by atoms with Gasteiger partial charge in [0.15, 0.2) is 0 Å². The highest BCUT2D eigenvalue weighted by molar-refractivity contribution is 7.88. The van der Waals surface area contributed by atoms with Crippen LogP contribution in [0.4, 0.5) is 0 Å². The highest BCUT2D eigenvalue weighted by Gasteiger charge is 2.18. The van der Waals surface area contributed by atoms with Gasteiger partial charge in [-0.3, -0.25) is 4.79 Å². The number of methoxy groups -OCH3 is 1. The third-order valence-electron chi connectivity index (χ3n) is 4.93. The van der Waals surface area contributed by atoms with Crippen LogP contribution < -0.4 is 4.74 Å². The molecular weight excluding hydrogens is 426 g/mol. The fourth-order valence-electron chi connectivity index (χ4n) is 3.22. The molecule has 32 heavy (non-hydrogen) atoms. The Hall–Kier alpha value is -3.16. The molecule has 0 fully saturated rings. The average Bonchev–Trinajstić information content (AvgIpc) is 2.78. The third-order valence-corrected chi connectivity index (χ3v) is 6.12. The van der Waals surface area contributed by atoms with Crippen LogP contribution in [0, 0.1) is 0 Å². The quantitative estimate of drug-likeness (QED) is 0.421. The minimum atomic E-state index is -3.43. The van der Waals surface area contributed by atoms with E-state index in [2.05, 4.69) is 4.74 Å². The molecule has 0 amide bonds. The molecule has 0 saturated carbocycles. The Kier molecular flexibility index (Phi) is 8.03. The van der Waals surface area contributed by atoms with Crippen molar-refractivity contribution in [3.05, 3.63) is 95.6 Å². The molecule has 0 atom stereocenters. The predicted molar refractivity (Wildman–Crippen MR) is 124 cm³/mol. The number of aryl methyl sites for hydroxylation is 1. The molecule has 3 aromatic carbocycles. The van der Waals surface area contributed by atoms with Gasteiger partial charge in [-0.1, -0.05) is 54.6 Å². The first kappa shape index (κ1) is 23.5. The summed E-state index contributed by atoms with van der Waals surface area (Å²) in [5, 5.41) is 0. The van der Waals surface area contributed by atoms with E-state index in [0.29, 0.717) is 12.2 Å². The fraction of sp³-hybridized carbons (Fsp3) is 0.240. The first-order valence-electron chi connectivity index (χ1n) is 10.2. The van der Waals surface area contributed by atoms with Crippen molar-refractivity contribution in [2.45, 2.75) is 25.9 Å². The Bertz CT molecular complexity index is 1130. The zero-order chi connectivity index (χ0) is 23.0. The standard InChI is InChI=1S/C25H27NO5S/c1-30-25(27)16-13-20-7-6-8-22(17-20)19-26(32(2,28)29)18-21-11-14-24(15-12-21)31-23-9-4-3-5-10-23/h3-12,14-15,17H,13,16,18-19H2,1-2H3. The largest absolute Gasteiger partial charge is 0.469 e. The van der Waals surface area contributed by atoms with E-state index < -0.39 is 10.0 Å². The molecule has 0 radical (unpaired) electrons. The highest BCUT2D eigenvalue weighted by atomic mass is 32.2. The van der Waals surface area contributed by atoms with Crippen molar-refractivity contribution in [2.75, 3.05) is 13.4 Å². The van der Waals surface area contributed by atoms with Gasteiger partial charge in [-0.25, -0.2) is 8.42 Å². The Morgan fingerprint density at radius 1 is 0.812 bits per heavy atom. The predicted octanol–water partition coefficient (Wildman–Crippen LogP) is 4.55. The molecule has 0 bridgehead atoms. The van der Waals surface area contributed by atoms with Crippen LogP contribution in [0.2, 0.25) is 0 Å². The Morgan fingerprint density at radius 3 is 2.09 bits per heavy atom. The summed E-state index contributed by atoms with van der Waals surface area (Å²) >= 11 is 0. The molecule has 0 heterocycles. The van der Waals surface area contributed by atoms with Gasteiger partial charge < -0.3 is 9.47 Å². The number of benzene rings is 3. The third kappa shape index (κ3) is 7.21. The molecule has 0 aliphatic heterocycles. The second-order valence-corrected chi connectivity index (χ2v) is 9.47. The van der Waals surface area contributed by atoms with Crippen LogP contribution >= 0.6 is 0 Å². The van der Waals surface area contributed by atoms with Crippen molar-refractivity contribution in [3.63, 3.8) is 0 Å². The molecule has 0 spiro atoms. The summed E-state index contributed by atoms with van der Waals surface area (Å²) in [5.41, 5.74) is 2.68. The second-order valence-electron chi connectivity index (χ2n) is 7.49. The lowest BCUT2D eigenvalue weighted by Crippen LogP contribution is -2.29. The lowest BCUT2D eigenvalue weighted by atomic mass is 10.1. The van der Waals surface area contributed by atoms with Crippen LogP contribution in [-0.2, 0) is 39.1 Å². The van der Waals surface area contributed by atoms with E-state index in [0.717, 1.165) is 22.4 Å². The van der Waals surface area contributed by atoms with Crippen LogP contribution in [0.15, 0.2) is 78.9 Å². The molecule has 0 aromatic heterocycles. The summed E-state index contributed by atoms with van der Waals surface area (Å²) in [7, 11) is -2.07. The topological polar surface area (TPSA) is 72.9 Å². The first-order valence-corrected chi connectivity index (χ1v) is 12.1. The molecule has 3 rings (SSSR count). The molecule has 0 N–H and O–H groups in total.